The van der Waals surface area contributed by atoms with Crippen LogP contribution in [0, 0.1) is 0 Å². The van der Waals surface area contributed by atoms with E-state index in [9.17, 15) is 0 Å². The van der Waals surface area contributed by atoms with Crippen molar-refractivity contribution < 1.29 is 0 Å². The van der Waals surface area contributed by atoms with Crippen LogP contribution in [0.25, 0.3) is 0 Å². The Bertz CT molecular complexity index is 348. The molecule has 18 heavy (non-hydrogen) atoms. The third-order valence-corrected chi connectivity index (χ3v) is 3.34. The van der Waals surface area contributed by atoms with Crippen molar-refractivity contribution in [1.29, 1.82) is 0 Å². The fourth-order valence-corrected chi connectivity index (χ4v) is 1.81. The molecule has 1 unspecified atom stereocenters. The standard InChI is InChI=1S/C16H28N2/c1-7-14-8-10-15(11-9-14)18(6)13(2)12-17-16(3,4)5/h8-11,13,17H,7,12H2,1-6H3. The van der Waals surface area contributed by atoms with E-state index in [0.29, 0.717) is 6.04 Å². The lowest BCUT2D eigenvalue weighted by Crippen LogP contribution is -2.45. The van der Waals surface area contributed by atoms with Crippen LogP contribution < -0.4 is 10.2 Å². The lowest BCUT2D eigenvalue weighted by Gasteiger charge is -2.30. The number of rotatable bonds is 5. The van der Waals surface area contributed by atoms with Crippen molar-refractivity contribution in [3.63, 3.8) is 0 Å². The van der Waals surface area contributed by atoms with Crippen LogP contribution in [0.5, 0.6) is 0 Å². The first-order chi connectivity index (χ1) is 8.33. The molecule has 0 saturated heterocycles. The number of nitrogens with zero attached hydrogens (tertiary/aromatic N) is 1. The van der Waals surface area contributed by atoms with Crippen LogP contribution in [0.4, 0.5) is 5.69 Å². The zero-order valence-corrected chi connectivity index (χ0v) is 12.7. The van der Waals surface area contributed by atoms with Crippen LogP contribution in [0.2, 0.25) is 0 Å². The van der Waals surface area contributed by atoms with Crippen molar-refractivity contribution in [3.8, 4) is 0 Å². The van der Waals surface area contributed by atoms with Crippen molar-refractivity contribution in [2.24, 2.45) is 0 Å². The summed E-state index contributed by atoms with van der Waals surface area (Å²) in [5.74, 6) is 0. The molecular weight excluding hydrogens is 220 g/mol. The van der Waals surface area contributed by atoms with Gasteiger partial charge in [0.15, 0.2) is 0 Å². The molecule has 1 aromatic carbocycles. The normalized spacial score (nSPS) is 13.4. The second-order valence-corrected chi connectivity index (χ2v) is 6.11. The Morgan fingerprint density at radius 2 is 1.72 bits per heavy atom. The maximum Gasteiger partial charge on any atom is 0.0383 e. The Morgan fingerprint density at radius 1 is 1.17 bits per heavy atom. The summed E-state index contributed by atoms with van der Waals surface area (Å²) in [6.45, 7) is 12.1. The quantitative estimate of drug-likeness (QED) is 0.858. The maximum atomic E-state index is 3.55. The lowest BCUT2D eigenvalue weighted by atomic mass is 10.1. The van der Waals surface area contributed by atoms with E-state index in [1.54, 1.807) is 0 Å². The van der Waals surface area contributed by atoms with Crippen molar-refractivity contribution in [3.05, 3.63) is 29.8 Å². The van der Waals surface area contributed by atoms with Crippen molar-refractivity contribution in [1.82, 2.24) is 5.32 Å². The van der Waals surface area contributed by atoms with Crippen LogP contribution >= 0.6 is 0 Å². The number of hydrogen-bond donors (Lipinski definition) is 1. The molecule has 0 saturated carbocycles. The minimum absolute atomic E-state index is 0.182. The summed E-state index contributed by atoms with van der Waals surface area (Å²) in [5.41, 5.74) is 2.87. The molecule has 1 atom stereocenters. The highest BCUT2D eigenvalue weighted by atomic mass is 15.2. The minimum Gasteiger partial charge on any atom is -0.371 e. The Balaban J connectivity index is 2.59. The Kier molecular flexibility index (Phi) is 5.21. The maximum absolute atomic E-state index is 3.55. The van der Waals surface area contributed by atoms with Gasteiger partial charge >= 0.3 is 0 Å². The molecule has 0 aliphatic heterocycles. The number of anilines is 1. The van der Waals surface area contributed by atoms with Gasteiger partial charge in [0.25, 0.3) is 0 Å². The summed E-state index contributed by atoms with van der Waals surface area (Å²) in [6, 6.07) is 9.35. The molecule has 0 spiro atoms. The highest BCUT2D eigenvalue weighted by molar-refractivity contribution is 5.47. The molecule has 1 rings (SSSR count). The SMILES string of the molecule is CCc1ccc(N(C)C(C)CNC(C)(C)C)cc1. The Morgan fingerprint density at radius 3 is 2.17 bits per heavy atom. The minimum atomic E-state index is 0.182. The van der Waals surface area contributed by atoms with E-state index in [2.05, 4.69) is 76.1 Å². The van der Waals surface area contributed by atoms with Crippen LogP contribution in [0.15, 0.2) is 24.3 Å². The zero-order chi connectivity index (χ0) is 13.8. The molecule has 1 aromatic rings. The van der Waals surface area contributed by atoms with E-state index >= 15 is 0 Å². The van der Waals surface area contributed by atoms with Gasteiger partial charge in [0.2, 0.25) is 0 Å². The van der Waals surface area contributed by atoms with Crippen LogP contribution in [-0.2, 0) is 6.42 Å². The summed E-state index contributed by atoms with van der Waals surface area (Å²) in [4.78, 5) is 2.33. The van der Waals surface area contributed by atoms with Gasteiger partial charge < -0.3 is 10.2 Å². The van der Waals surface area contributed by atoms with Crippen LogP contribution in [0.1, 0.15) is 40.2 Å². The first-order valence-electron chi connectivity index (χ1n) is 6.90. The largest absolute Gasteiger partial charge is 0.371 e. The van der Waals surface area contributed by atoms with Gasteiger partial charge in [-0.1, -0.05) is 19.1 Å². The van der Waals surface area contributed by atoms with Crippen molar-refractivity contribution in [2.45, 2.75) is 52.6 Å². The van der Waals surface area contributed by atoms with Gasteiger partial charge in [-0.2, -0.15) is 0 Å². The molecule has 0 aromatic heterocycles. The summed E-state index contributed by atoms with van der Waals surface area (Å²) in [7, 11) is 2.16. The van der Waals surface area contributed by atoms with Gasteiger partial charge in [-0.15, -0.1) is 0 Å². The molecule has 0 heterocycles. The highest BCUT2D eigenvalue weighted by Gasteiger charge is 2.14. The first-order valence-corrected chi connectivity index (χ1v) is 6.90. The Hall–Kier alpha value is -1.02. The molecule has 2 nitrogen and oxygen atoms in total. The van der Waals surface area contributed by atoms with Crippen molar-refractivity contribution in [2.75, 3.05) is 18.5 Å². The second kappa shape index (κ2) is 6.24. The second-order valence-electron chi connectivity index (χ2n) is 6.11. The Labute approximate surface area is 112 Å². The number of aryl methyl sites for hydroxylation is 1. The fourth-order valence-electron chi connectivity index (χ4n) is 1.81. The van der Waals surface area contributed by atoms with Gasteiger partial charge in [0.1, 0.15) is 0 Å². The van der Waals surface area contributed by atoms with Gasteiger partial charge in [-0.3, -0.25) is 0 Å². The number of likely N-dealkylation sites (N-methyl/N-ethyl adjacent to an activating group) is 1. The van der Waals surface area contributed by atoms with E-state index in [-0.39, 0.29) is 5.54 Å². The van der Waals surface area contributed by atoms with Gasteiger partial charge in [0.05, 0.1) is 0 Å². The third-order valence-electron chi connectivity index (χ3n) is 3.34. The third kappa shape index (κ3) is 4.69. The van der Waals surface area contributed by atoms with Gasteiger partial charge in [-0.25, -0.2) is 0 Å². The van der Waals surface area contributed by atoms with E-state index in [1.807, 2.05) is 0 Å². The summed E-state index contributed by atoms with van der Waals surface area (Å²) >= 11 is 0. The topological polar surface area (TPSA) is 15.3 Å². The number of hydrogen-bond acceptors (Lipinski definition) is 2. The average Bonchev–Trinajstić information content (AvgIpc) is 2.34. The first kappa shape index (κ1) is 15.0. The molecule has 0 amide bonds. The van der Waals surface area contributed by atoms with Crippen LogP contribution in [-0.4, -0.2) is 25.2 Å². The highest BCUT2D eigenvalue weighted by Crippen LogP contribution is 2.16. The van der Waals surface area contributed by atoms with Crippen molar-refractivity contribution >= 4 is 5.69 Å². The predicted octanol–water partition coefficient (Wildman–Crippen LogP) is 3.46. The molecular formula is C16H28N2. The predicted molar refractivity (Wildman–Crippen MR) is 81.4 cm³/mol. The summed E-state index contributed by atoms with van der Waals surface area (Å²) < 4.78 is 0. The molecule has 0 aliphatic rings. The van der Waals surface area contributed by atoms with E-state index in [0.717, 1.165) is 13.0 Å². The molecule has 0 aliphatic carbocycles. The number of benzene rings is 1. The molecule has 0 fully saturated rings. The van der Waals surface area contributed by atoms with E-state index in [4.69, 9.17) is 0 Å². The molecule has 0 bridgehead atoms. The average molecular weight is 248 g/mol. The summed E-state index contributed by atoms with van der Waals surface area (Å²) in [6.07, 6.45) is 1.10. The molecule has 102 valence electrons. The van der Waals surface area contributed by atoms with E-state index in [1.165, 1.54) is 11.3 Å². The molecule has 0 radical (unpaired) electrons. The summed E-state index contributed by atoms with van der Waals surface area (Å²) in [5, 5.41) is 3.55. The number of nitrogens with one attached hydrogen (secondary N) is 1. The fraction of sp³-hybridized carbons (Fsp3) is 0.625. The van der Waals surface area contributed by atoms with Gasteiger partial charge in [0, 0.05) is 30.9 Å². The lowest BCUT2D eigenvalue weighted by molar-refractivity contribution is 0.408. The van der Waals surface area contributed by atoms with Crippen LogP contribution in [0.3, 0.4) is 0 Å². The zero-order valence-electron chi connectivity index (χ0n) is 12.7. The van der Waals surface area contributed by atoms with E-state index < -0.39 is 0 Å². The smallest absolute Gasteiger partial charge is 0.0383 e. The monoisotopic (exact) mass is 248 g/mol. The molecule has 2 heteroatoms. The van der Waals surface area contributed by atoms with Gasteiger partial charge in [-0.05, 0) is 51.8 Å². The molecule has 1 N–H and O–H groups in total.